The number of aliphatic hydroxyl groups is 1. The van der Waals surface area contributed by atoms with Gasteiger partial charge in [0.25, 0.3) is 0 Å². The first-order valence-corrected chi connectivity index (χ1v) is 7.95. The van der Waals surface area contributed by atoms with Gasteiger partial charge in [0.1, 0.15) is 10.8 Å². The zero-order valence-corrected chi connectivity index (χ0v) is 12.3. The van der Waals surface area contributed by atoms with Crippen LogP contribution >= 0.6 is 12.2 Å². The van der Waals surface area contributed by atoms with Crippen LogP contribution in [-0.4, -0.2) is 42.0 Å². The second-order valence-electron chi connectivity index (χ2n) is 4.64. The molecule has 1 saturated heterocycles. The van der Waals surface area contributed by atoms with E-state index < -0.39 is 21.9 Å². The van der Waals surface area contributed by atoms with E-state index >= 15 is 0 Å². The van der Waals surface area contributed by atoms with Crippen molar-refractivity contribution in [2.45, 2.75) is 23.8 Å². The van der Waals surface area contributed by atoms with E-state index in [9.17, 15) is 17.9 Å². The summed E-state index contributed by atoms with van der Waals surface area (Å²) in [5, 5.41) is 9.41. The Hall–Kier alpha value is -1.09. The Morgan fingerprint density at radius 2 is 2.00 bits per heavy atom. The lowest BCUT2D eigenvalue weighted by atomic mass is 10.1. The highest BCUT2D eigenvalue weighted by atomic mass is 32.2. The Balaban J connectivity index is 2.35. The summed E-state index contributed by atoms with van der Waals surface area (Å²) in [6.45, 7) is 0.479. The molecule has 1 aromatic rings. The predicted octanol–water partition coefficient (Wildman–Crippen LogP) is 0.605. The molecule has 1 aliphatic heterocycles. The monoisotopic (exact) mass is 318 g/mol. The number of hydrogen-bond acceptors (Lipinski definition) is 4. The van der Waals surface area contributed by atoms with Crippen molar-refractivity contribution >= 4 is 27.2 Å². The molecule has 0 amide bonds. The van der Waals surface area contributed by atoms with E-state index in [1.807, 2.05) is 0 Å². The third-order valence-corrected chi connectivity index (χ3v) is 5.38. The molecule has 0 saturated carbocycles. The molecule has 8 heteroatoms. The smallest absolute Gasteiger partial charge is 0.243 e. The number of aliphatic hydroxyl groups excluding tert-OH is 1. The van der Waals surface area contributed by atoms with Gasteiger partial charge in [-0.15, -0.1) is 0 Å². The van der Waals surface area contributed by atoms with Gasteiger partial charge in [0.05, 0.1) is 11.0 Å². The van der Waals surface area contributed by atoms with Crippen molar-refractivity contribution in [3.63, 3.8) is 0 Å². The molecule has 110 valence electrons. The van der Waals surface area contributed by atoms with Crippen LogP contribution in [0.1, 0.15) is 18.4 Å². The van der Waals surface area contributed by atoms with Crippen LogP contribution < -0.4 is 5.73 Å². The first-order chi connectivity index (χ1) is 9.32. The molecule has 0 bridgehead atoms. The lowest BCUT2D eigenvalue weighted by Gasteiger charge is -2.28. The molecule has 0 unspecified atom stereocenters. The number of nitrogens with two attached hydrogens (primary N) is 1. The highest BCUT2D eigenvalue weighted by Gasteiger charge is 2.29. The number of benzene rings is 1. The number of hydrogen-bond donors (Lipinski definition) is 2. The first-order valence-electron chi connectivity index (χ1n) is 6.10. The number of halogens is 1. The van der Waals surface area contributed by atoms with Gasteiger partial charge in [-0.1, -0.05) is 12.2 Å². The van der Waals surface area contributed by atoms with Crippen molar-refractivity contribution in [3.8, 4) is 0 Å². The molecule has 1 aromatic carbocycles. The van der Waals surface area contributed by atoms with Gasteiger partial charge >= 0.3 is 0 Å². The normalized spacial score (nSPS) is 18.1. The first kappa shape index (κ1) is 15.3. The lowest BCUT2D eigenvalue weighted by Crippen LogP contribution is -2.40. The second kappa shape index (κ2) is 5.72. The molecule has 1 aliphatic rings. The van der Waals surface area contributed by atoms with Gasteiger partial charge in [0.15, 0.2) is 0 Å². The summed E-state index contributed by atoms with van der Waals surface area (Å²) in [7, 11) is -3.72. The van der Waals surface area contributed by atoms with Crippen molar-refractivity contribution in [3.05, 3.63) is 29.6 Å². The van der Waals surface area contributed by atoms with Crippen molar-refractivity contribution in [2.75, 3.05) is 13.1 Å². The van der Waals surface area contributed by atoms with E-state index in [-0.39, 0.29) is 28.5 Å². The molecule has 0 aromatic heterocycles. The Bertz CT molecular complexity index is 626. The van der Waals surface area contributed by atoms with Gasteiger partial charge in [0.2, 0.25) is 10.0 Å². The van der Waals surface area contributed by atoms with Gasteiger partial charge in [-0.05, 0) is 31.0 Å². The summed E-state index contributed by atoms with van der Waals surface area (Å²) in [5.74, 6) is -0.648. The largest absolute Gasteiger partial charge is 0.393 e. The fraction of sp³-hybridized carbons (Fsp3) is 0.417. The van der Waals surface area contributed by atoms with Gasteiger partial charge in [0, 0.05) is 18.7 Å². The molecule has 1 heterocycles. The third kappa shape index (κ3) is 2.98. The van der Waals surface area contributed by atoms with E-state index in [1.54, 1.807) is 0 Å². The Morgan fingerprint density at radius 1 is 1.40 bits per heavy atom. The molecule has 0 spiro atoms. The van der Waals surface area contributed by atoms with Crippen LogP contribution in [0.2, 0.25) is 0 Å². The van der Waals surface area contributed by atoms with Gasteiger partial charge < -0.3 is 10.8 Å². The molecular formula is C12H15FN2O3S2. The predicted molar refractivity (Wildman–Crippen MR) is 76.3 cm³/mol. The average molecular weight is 318 g/mol. The number of piperidine rings is 1. The number of sulfonamides is 1. The molecular weight excluding hydrogens is 303 g/mol. The number of nitrogens with zero attached hydrogens (tertiary/aromatic N) is 1. The second-order valence-corrected chi connectivity index (χ2v) is 7.02. The van der Waals surface area contributed by atoms with Crippen LogP contribution in [0.15, 0.2) is 23.1 Å². The Kier molecular flexibility index (Phi) is 4.38. The molecule has 3 N–H and O–H groups in total. The molecule has 5 nitrogen and oxygen atoms in total. The zero-order valence-electron chi connectivity index (χ0n) is 10.6. The van der Waals surface area contributed by atoms with Gasteiger partial charge in [-0.2, -0.15) is 4.31 Å². The maximum atomic E-state index is 13.5. The zero-order chi connectivity index (χ0) is 14.9. The van der Waals surface area contributed by atoms with E-state index in [2.05, 4.69) is 0 Å². The highest BCUT2D eigenvalue weighted by Crippen LogP contribution is 2.22. The maximum Gasteiger partial charge on any atom is 0.243 e. The fourth-order valence-corrected chi connectivity index (χ4v) is 3.74. The minimum atomic E-state index is -3.72. The van der Waals surface area contributed by atoms with Crippen LogP contribution in [-0.2, 0) is 10.0 Å². The summed E-state index contributed by atoms with van der Waals surface area (Å²) < 4.78 is 39.6. The standard InChI is InChI=1S/C12H15FN2O3S2/c13-11-2-1-9(7-10(11)12(14)19)20(17,18)15-5-3-8(16)4-6-15/h1-2,7-8,16H,3-6H2,(H2,14,19). The van der Waals surface area contributed by atoms with E-state index in [1.165, 1.54) is 10.4 Å². The number of thiocarbonyl (C=S) groups is 1. The summed E-state index contributed by atoms with van der Waals surface area (Å²) >= 11 is 4.70. The number of rotatable bonds is 3. The SMILES string of the molecule is NC(=S)c1cc(S(=O)(=O)N2CCC(O)CC2)ccc1F. The minimum Gasteiger partial charge on any atom is -0.393 e. The highest BCUT2D eigenvalue weighted by molar-refractivity contribution is 7.89. The van der Waals surface area contributed by atoms with E-state index in [0.717, 1.165) is 12.1 Å². The fourth-order valence-electron chi connectivity index (χ4n) is 2.09. The van der Waals surface area contributed by atoms with Crippen LogP contribution in [0.25, 0.3) is 0 Å². The third-order valence-electron chi connectivity index (χ3n) is 3.26. The topological polar surface area (TPSA) is 83.6 Å². The Labute approximate surface area is 122 Å². The van der Waals surface area contributed by atoms with E-state index in [0.29, 0.717) is 12.8 Å². The molecule has 20 heavy (non-hydrogen) atoms. The van der Waals surface area contributed by atoms with Crippen LogP contribution in [0.5, 0.6) is 0 Å². The summed E-state index contributed by atoms with van der Waals surface area (Å²) in [5.41, 5.74) is 5.29. The van der Waals surface area contributed by atoms with Crippen molar-refractivity contribution < 1.29 is 17.9 Å². The van der Waals surface area contributed by atoms with Crippen molar-refractivity contribution in [2.24, 2.45) is 5.73 Å². The van der Waals surface area contributed by atoms with Crippen molar-refractivity contribution in [1.29, 1.82) is 0 Å². The molecule has 2 rings (SSSR count). The summed E-state index contributed by atoms with van der Waals surface area (Å²) in [6, 6.07) is 3.38. The molecule has 0 atom stereocenters. The summed E-state index contributed by atoms with van der Waals surface area (Å²) in [4.78, 5) is -0.230. The average Bonchev–Trinajstić information content (AvgIpc) is 2.39. The Morgan fingerprint density at radius 3 is 2.55 bits per heavy atom. The molecule has 1 fully saturated rings. The van der Waals surface area contributed by atoms with Crippen LogP contribution in [0.4, 0.5) is 4.39 Å². The lowest BCUT2D eigenvalue weighted by molar-refractivity contribution is 0.113. The molecule has 0 aliphatic carbocycles. The van der Waals surface area contributed by atoms with Crippen molar-refractivity contribution in [1.82, 2.24) is 4.31 Å². The van der Waals surface area contributed by atoms with Gasteiger partial charge in [-0.25, -0.2) is 12.8 Å². The quantitative estimate of drug-likeness (QED) is 0.798. The maximum absolute atomic E-state index is 13.5. The van der Waals surface area contributed by atoms with Crippen LogP contribution in [0, 0.1) is 5.82 Å². The molecule has 0 radical (unpaired) electrons. The minimum absolute atomic E-state index is 0.0434. The summed E-state index contributed by atoms with van der Waals surface area (Å²) in [6.07, 6.45) is 0.312. The van der Waals surface area contributed by atoms with E-state index in [4.69, 9.17) is 18.0 Å². The van der Waals surface area contributed by atoms with Crippen LogP contribution in [0.3, 0.4) is 0 Å². The van der Waals surface area contributed by atoms with Gasteiger partial charge in [-0.3, -0.25) is 0 Å².